The Morgan fingerprint density at radius 1 is 1.22 bits per heavy atom. The van der Waals surface area contributed by atoms with Crippen molar-refractivity contribution in [2.75, 3.05) is 5.73 Å². The number of halogens is 1. The van der Waals surface area contributed by atoms with Gasteiger partial charge < -0.3 is 10.5 Å². The monoisotopic (exact) mass is 262 g/mol. The molecular formula is C14H15ClN2O. The van der Waals surface area contributed by atoms with E-state index in [1.807, 2.05) is 26.0 Å². The van der Waals surface area contributed by atoms with E-state index in [4.69, 9.17) is 22.1 Å². The minimum absolute atomic E-state index is 0.110. The lowest BCUT2D eigenvalue weighted by molar-refractivity contribution is 0.241. The van der Waals surface area contributed by atoms with E-state index in [0.29, 0.717) is 10.7 Å². The molecule has 1 aromatic carbocycles. The van der Waals surface area contributed by atoms with Crippen molar-refractivity contribution in [3.8, 4) is 16.9 Å². The molecule has 0 aliphatic rings. The second-order valence-corrected chi connectivity index (χ2v) is 4.74. The molecule has 3 nitrogen and oxygen atoms in total. The van der Waals surface area contributed by atoms with Crippen LogP contribution in [0, 0.1) is 0 Å². The molecule has 0 fully saturated rings. The predicted octanol–water partition coefficient (Wildman–Crippen LogP) is 3.77. The lowest BCUT2D eigenvalue weighted by atomic mass is 10.1. The van der Waals surface area contributed by atoms with Gasteiger partial charge in [0.05, 0.1) is 12.3 Å². The number of benzene rings is 1. The van der Waals surface area contributed by atoms with E-state index in [1.165, 1.54) is 0 Å². The van der Waals surface area contributed by atoms with Crippen LogP contribution in [-0.4, -0.2) is 11.1 Å². The van der Waals surface area contributed by atoms with Crippen LogP contribution in [0.4, 0.5) is 5.69 Å². The van der Waals surface area contributed by atoms with E-state index in [1.54, 1.807) is 24.5 Å². The fraction of sp³-hybridized carbons (Fsp3) is 0.214. The molecule has 0 saturated carbocycles. The minimum Gasteiger partial charge on any atom is -0.489 e. The number of rotatable bonds is 3. The Kier molecular flexibility index (Phi) is 3.72. The number of aromatic nitrogens is 1. The maximum atomic E-state index is 5.98. The van der Waals surface area contributed by atoms with Gasteiger partial charge >= 0.3 is 0 Å². The third-order valence-electron chi connectivity index (χ3n) is 2.41. The molecule has 94 valence electrons. The van der Waals surface area contributed by atoms with Crippen molar-refractivity contribution in [1.82, 2.24) is 4.98 Å². The van der Waals surface area contributed by atoms with Crippen LogP contribution in [0.1, 0.15) is 13.8 Å². The fourth-order valence-electron chi connectivity index (χ4n) is 1.68. The van der Waals surface area contributed by atoms with Crippen LogP contribution in [-0.2, 0) is 0 Å². The Labute approximate surface area is 112 Å². The summed E-state index contributed by atoms with van der Waals surface area (Å²) in [6, 6.07) is 7.29. The average Bonchev–Trinajstić information content (AvgIpc) is 2.32. The molecule has 1 aromatic heterocycles. The molecule has 0 unspecified atom stereocenters. The fourth-order valence-corrected chi connectivity index (χ4v) is 1.85. The van der Waals surface area contributed by atoms with Gasteiger partial charge in [0.2, 0.25) is 0 Å². The van der Waals surface area contributed by atoms with Crippen LogP contribution < -0.4 is 10.5 Å². The van der Waals surface area contributed by atoms with Gasteiger partial charge in [-0.1, -0.05) is 11.6 Å². The van der Waals surface area contributed by atoms with Gasteiger partial charge in [0.25, 0.3) is 0 Å². The summed E-state index contributed by atoms with van der Waals surface area (Å²) in [7, 11) is 0. The smallest absolute Gasteiger partial charge is 0.138 e. The van der Waals surface area contributed by atoms with Crippen LogP contribution >= 0.6 is 11.6 Å². The van der Waals surface area contributed by atoms with Crippen molar-refractivity contribution in [2.45, 2.75) is 20.0 Å². The normalized spacial score (nSPS) is 10.7. The Balaban J connectivity index is 2.41. The lowest BCUT2D eigenvalue weighted by Gasteiger charge is -2.11. The molecule has 0 amide bonds. The van der Waals surface area contributed by atoms with Gasteiger partial charge in [-0.2, -0.15) is 0 Å². The van der Waals surface area contributed by atoms with Gasteiger partial charge in [0, 0.05) is 28.0 Å². The number of hydrogen-bond acceptors (Lipinski definition) is 3. The number of ether oxygens (including phenoxy) is 1. The molecular weight excluding hydrogens is 248 g/mol. The Morgan fingerprint density at radius 3 is 2.72 bits per heavy atom. The first-order valence-electron chi connectivity index (χ1n) is 5.73. The highest BCUT2D eigenvalue weighted by Crippen LogP contribution is 2.30. The summed E-state index contributed by atoms with van der Waals surface area (Å²) in [6.45, 7) is 3.95. The van der Waals surface area contributed by atoms with E-state index in [-0.39, 0.29) is 6.10 Å². The molecule has 4 heteroatoms. The topological polar surface area (TPSA) is 48.1 Å². The first-order valence-corrected chi connectivity index (χ1v) is 6.11. The van der Waals surface area contributed by atoms with Crippen LogP contribution in [0.15, 0.2) is 36.7 Å². The van der Waals surface area contributed by atoms with Crippen molar-refractivity contribution in [2.24, 2.45) is 0 Å². The average molecular weight is 263 g/mol. The number of hydrogen-bond donors (Lipinski definition) is 1. The number of anilines is 1. The summed E-state index contributed by atoms with van der Waals surface area (Å²) in [5.74, 6) is 0.724. The van der Waals surface area contributed by atoms with Crippen LogP contribution in [0.2, 0.25) is 5.02 Å². The van der Waals surface area contributed by atoms with Crippen molar-refractivity contribution in [3.05, 3.63) is 41.7 Å². The molecule has 0 radical (unpaired) electrons. The molecule has 1 heterocycles. The highest BCUT2D eigenvalue weighted by Gasteiger charge is 2.06. The van der Waals surface area contributed by atoms with Gasteiger partial charge in [-0.05, 0) is 38.1 Å². The Bertz CT molecular complexity index is 555. The van der Waals surface area contributed by atoms with E-state index < -0.39 is 0 Å². The molecule has 0 aliphatic carbocycles. The second kappa shape index (κ2) is 5.27. The third-order valence-corrected chi connectivity index (χ3v) is 2.65. The summed E-state index contributed by atoms with van der Waals surface area (Å²) in [4.78, 5) is 4.16. The summed E-state index contributed by atoms with van der Waals surface area (Å²) < 4.78 is 5.61. The predicted molar refractivity (Wildman–Crippen MR) is 74.9 cm³/mol. The summed E-state index contributed by atoms with van der Waals surface area (Å²) in [5, 5.41) is 0.648. The molecule has 0 bridgehead atoms. The number of nitrogens with two attached hydrogens (primary N) is 1. The van der Waals surface area contributed by atoms with E-state index in [2.05, 4.69) is 4.98 Å². The van der Waals surface area contributed by atoms with E-state index in [0.717, 1.165) is 16.9 Å². The quantitative estimate of drug-likeness (QED) is 0.857. The molecule has 2 rings (SSSR count). The maximum absolute atomic E-state index is 5.98. The zero-order valence-corrected chi connectivity index (χ0v) is 11.1. The molecule has 2 N–H and O–H groups in total. The van der Waals surface area contributed by atoms with E-state index in [9.17, 15) is 0 Å². The van der Waals surface area contributed by atoms with Gasteiger partial charge in [0.15, 0.2) is 0 Å². The lowest BCUT2D eigenvalue weighted by Crippen LogP contribution is -2.05. The van der Waals surface area contributed by atoms with Gasteiger partial charge in [-0.25, -0.2) is 0 Å². The van der Waals surface area contributed by atoms with Crippen molar-refractivity contribution in [1.29, 1.82) is 0 Å². The maximum Gasteiger partial charge on any atom is 0.138 e. The van der Waals surface area contributed by atoms with Gasteiger partial charge in [-0.15, -0.1) is 0 Å². The van der Waals surface area contributed by atoms with Crippen molar-refractivity contribution in [3.63, 3.8) is 0 Å². The Hall–Kier alpha value is -1.74. The SMILES string of the molecule is CC(C)Oc1cncc(-c2cc(Cl)ccc2N)c1. The van der Waals surface area contributed by atoms with Crippen LogP contribution in [0.3, 0.4) is 0 Å². The molecule has 18 heavy (non-hydrogen) atoms. The van der Waals surface area contributed by atoms with Crippen LogP contribution in [0.25, 0.3) is 11.1 Å². The minimum atomic E-state index is 0.110. The third kappa shape index (κ3) is 2.93. The standard InChI is InChI=1S/C14H15ClN2O/c1-9(2)18-12-5-10(7-17-8-12)13-6-11(15)3-4-14(13)16/h3-9H,16H2,1-2H3. The first-order chi connectivity index (χ1) is 8.56. The Morgan fingerprint density at radius 2 is 2.00 bits per heavy atom. The zero-order chi connectivity index (χ0) is 13.1. The largest absolute Gasteiger partial charge is 0.489 e. The van der Waals surface area contributed by atoms with E-state index >= 15 is 0 Å². The van der Waals surface area contributed by atoms with Gasteiger partial charge in [0.1, 0.15) is 5.75 Å². The van der Waals surface area contributed by atoms with Gasteiger partial charge in [-0.3, -0.25) is 4.98 Å². The number of nitrogen functional groups attached to an aromatic ring is 1. The summed E-state index contributed by atoms with van der Waals surface area (Å²) >= 11 is 5.98. The molecule has 2 aromatic rings. The summed E-state index contributed by atoms with van der Waals surface area (Å²) in [5.41, 5.74) is 8.38. The highest BCUT2D eigenvalue weighted by atomic mass is 35.5. The molecule has 0 spiro atoms. The number of nitrogens with zero attached hydrogens (tertiary/aromatic N) is 1. The van der Waals surface area contributed by atoms with Crippen LogP contribution in [0.5, 0.6) is 5.75 Å². The molecule has 0 atom stereocenters. The second-order valence-electron chi connectivity index (χ2n) is 4.31. The van der Waals surface area contributed by atoms with Crippen molar-refractivity contribution < 1.29 is 4.74 Å². The zero-order valence-electron chi connectivity index (χ0n) is 10.4. The first kappa shape index (κ1) is 12.7. The summed E-state index contributed by atoms with van der Waals surface area (Å²) in [6.07, 6.45) is 3.54. The molecule has 0 saturated heterocycles. The van der Waals surface area contributed by atoms with Crippen molar-refractivity contribution >= 4 is 17.3 Å². The number of pyridine rings is 1. The highest BCUT2D eigenvalue weighted by molar-refractivity contribution is 6.31. The molecule has 0 aliphatic heterocycles.